The molecule has 0 spiro atoms. The molecule has 4 aliphatic rings. The van der Waals surface area contributed by atoms with Crippen LogP contribution >= 0.6 is 0 Å². The maximum Gasteiger partial charge on any atom is 0.0897 e. The van der Waals surface area contributed by atoms with Gasteiger partial charge in [0.1, 0.15) is 0 Å². The molecule has 5 atom stereocenters. The minimum Gasteiger partial charge on any atom is -0.378 e. The average molecular weight is 224 g/mol. The molecule has 0 N–H and O–H groups in total. The lowest BCUT2D eigenvalue weighted by molar-refractivity contribution is -0.0430. The maximum atomic E-state index is 6.08. The number of hydrogen-bond donors (Lipinski definition) is 0. The fourth-order valence-electron chi connectivity index (χ4n) is 3.67. The summed E-state index contributed by atoms with van der Waals surface area (Å²) in [4.78, 5) is 0. The van der Waals surface area contributed by atoms with Gasteiger partial charge in [-0.05, 0) is 31.6 Å². The average Bonchev–Trinajstić information content (AvgIpc) is 3.11. The second-order valence-corrected chi connectivity index (χ2v) is 5.77. The summed E-state index contributed by atoms with van der Waals surface area (Å²) in [5.41, 5.74) is 0. The van der Waals surface area contributed by atoms with Crippen molar-refractivity contribution < 1.29 is 9.47 Å². The van der Waals surface area contributed by atoms with Crippen LogP contribution in [-0.4, -0.2) is 24.9 Å². The zero-order valence-corrected chi connectivity index (χ0v) is 10.4. The number of rotatable bonds is 6. The summed E-state index contributed by atoms with van der Waals surface area (Å²) < 4.78 is 11.8. The topological polar surface area (TPSA) is 21.8 Å². The van der Waals surface area contributed by atoms with Crippen LogP contribution in [0.2, 0.25) is 0 Å². The summed E-state index contributed by atoms with van der Waals surface area (Å²) in [5, 5.41) is 0. The van der Waals surface area contributed by atoms with Crippen LogP contribution in [0.15, 0.2) is 0 Å². The molecule has 5 unspecified atom stereocenters. The fraction of sp³-hybridized carbons (Fsp3) is 1.00. The molecule has 0 aromatic heterocycles. The van der Waals surface area contributed by atoms with Gasteiger partial charge < -0.3 is 9.47 Å². The lowest BCUT2D eigenvalue weighted by atomic mass is 9.69. The van der Waals surface area contributed by atoms with E-state index in [4.69, 9.17) is 9.47 Å². The van der Waals surface area contributed by atoms with E-state index in [9.17, 15) is 0 Å². The molecule has 1 heterocycles. The summed E-state index contributed by atoms with van der Waals surface area (Å²) in [6, 6.07) is 0. The Morgan fingerprint density at radius 3 is 2.88 bits per heavy atom. The Balaban J connectivity index is 1.39. The third kappa shape index (κ3) is 2.02. The molecule has 4 rings (SSSR count). The largest absolute Gasteiger partial charge is 0.378 e. The van der Waals surface area contributed by atoms with Crippen molar-refractivity contribution in [1.82, 2.24) is 0 Å². The van der Waals surface area contributed by atoms with E-state index in [-0.39, 0.29) is 0 Å². The van der Waals surface area contributed by atoms with Crippen molar-refractivity contribution in [1.29, 1.82) is 0 Å². The number of ether oxygens (including phenoxy) is 2. The summed E-state index contributed by atoms with van der Waals surface area (Å²) in [6.45, 7) is 3.23. The van der Waals surface area contributed by atoms with Crippen molar-refractivity contribution in [3.05, 3.63) is 0 Å². The van der Waals surface area contributed by atoms with Crippen LogP contribution in [0.5, 0.6) is 0 Å². The van der Waals surface area contributed by atoms with Crippen LogP contribution in [0, 0.1) is 11.8 Å². The van der Waals surface area contributed by atoms with Crippen molar-refractivity contribution in [2.24, 2.45) is 11.8 Å². The van der Waals surface area contributed by atoms with Gasteiger partial charge in [-0.3, -0.25) is 0 Å². The number of epoxide rings is 1. The van der Waals surface area contributed by atoms with E-state index in [0.29, 0.717) is 18.3 Å². The molecule has 92 valence electrons. The number of unbranched alkanes of at least 4 members (excludes halogenated alkanes) is 3. The predicted octanol–water partition coefficient (Wildman–Crippen LogP) is 3.15. The highest BCUT2D eigenvalue weighted by molar-refractivity contribution is 5.07. The van der Waals surface area contributed by atoms with Crippen LogP contribution in [0.4, 0.5) is 0 Å². The van der Waals surface area contributed by atoms with E-state index in [1.165, 1.54) is 44.9 Å². The zero-order valence-electron chi connectivity index (χ0n) is 10.4. The van der Waals surface area contributed by atoms with Gasteiger partial charge >= 0.3 is 0 Å². The molecular weight excluding hydrogens is 200 g/mol. The third-order valence-corrected chi connectivity index (χ3v) is 4.66. The highest BCUT2D eigenvalue weighted by Gasteiger charge is 2.59. The number of hydrogen-bond acceptors (Lipinski definition) is 2. The van der Waals surface area contributed by atoms with E-state index in [1.807, 2.05) is 0 Å². The van der Waals surface area contributed by atoms with E-state index >= 15 is 0 Å². The monoisotopic (exact) mass is 224 g/mol. The van der Waals surface area contributed by atoms with E-state index in [1.54, 1.807) is 0 Å². The molecule has 2 heteroatoms. The van der Waals surface area contributed by atoms with E-state index in [0.717, 1.165) is 18.4 Å². The Morgan fingerprint density at radius 1 is 1.12 bits per heavy atom. The standard InChI is InChI=1S/C14H24O2/c1-2-3-4-5-8-15-12-9-10-6-7-11(12)14-13(10)16-14/h10-14H,2-9H2,1H3. The fourth-order valence-corrected chi connectivity index (χ4v) is 3.67. The first-order valence-corrected chi connectivity index (χ1v) is 7.17. The van der Waals surface area contributed by atoms with E-state index in [2.05, 4.69) is 6.92 Å². The van der Waals surface area contributed by atoms with Crippen molar-refractivity contribution in [3.8, 4) is 0 Å². The van der Waals surface area contributed by atoms with Gasteiger partial charge in [-0.1, -0.05) is 26.2 Å². The Kier molecular flexibility index (Phi) is 3.21. The number of fused-ring (bicyclic) bond motifs is 2. The van der Waals surface area contributed by atoms with Crippen LogP contribution in [0.3, 0.4) is 0 Å². The zero-order chi connectivity index (χ0) is 11.0. The quantitative estimate of drug-likeness (QED) is 0.510. The van der Waals surface area contributed by atoms with Gasteiger partial charge in [0.2, 0.25) is 0 Å². The third-order valence-electron chi connectivity index (χ3n) is 4.66. The van der Waals surface area contributed by atoms with Crippen molar-refractivity contribution in [2.75, 3.05) is 6.61 Å². The molecule has 3 aliphatic carbocycles. The van der Waals surface area contributed by atoms with Crippen LogP contribution in [-0.2, 0) is 9.47 Å². The Labute approximate surface area is 98.7 Å². The van der Waals surface area contributed by atoms with Gasteiger partial charge in [0, 0.05) is 12.5 Å². The van der Waals surface area contributed by atoms with Crippen molar-refractivity contribution >= 4 is 0 Å². The molecule has 0 radical (unpaired) electrons. The predicted molar refractivity (Wildman–Crippen MR) is 63.4 cm³/mol. The van der Waals surface area contributed by atoms with Gasteiger partial charge in [0.25, 0.3) is 0 Å². The molecule has 2 bridgehead atoms. The highest BCUT2D eigenvalue weighted by atomic mass is 16.6. The minimum absolute atomic E-state index is 0.532. The molecule has 3 saturated carbocycles. The van der Waals surface area contributed by atoms with Gasteiger partial charge in [-0.2, -0.15) is 0 Å². The van der Waals surface area contributed by atoms with Gasteiger partial charge in [-0.25, -0.2) is 0 Å². The lowest BCUT2D eigenvalue weighted by Crippen LogP contribution is -2.42. The van der Waals surface area contributed by atoms with Gasteiger partial charge in [0.15, 0.2) is 0 Å². The SMILES string of the molecule is CCCCCCOC1CC2CCC1C1OC21. The summed E-state index contributed by atoms with van der Waals surface area (Å²) in [5.74, 6) is 1.57. The second kappa shape index (κ2) is 4.66. The molecule has 2 nitrogen and oxygen atoms in total. The lowest BCUT2D eigenvalue weighted by Gasteiger charge is -2.39. The molecule has 1 saturated heterocycles. The molecule has 0 aromatic rings. The summed E-state index contributed by atoms with van der Waals surface area (Å²) in [7, 11) is 0. The van der Waals surface area contributed by atoms with Crippen LogP contribution in [0.25, 0.3) is 0 Å². The van der Waals surface area contributed by atoms with Crippen LogP contribution in [0.1, 0.15) is 51.9 Å². The van der Waals surface area contributed by atoms with Crippen molar-refractivity contribution in [2.45, 2.75) is 70.2 Å². The highest BCUT2D eigenvalue weighted by Crippen LogP contribution is 2.53. The Hall–Kier alpha value is -0.0800. The second-order valence-electron chi connectivity index (χ2n) is 5.77. The molecule has 16 heavy (non-hydrogen) atoms. The Bertz CT molecular complexity index is 241. The first kappa shape index (κ1) is 11.0. The first-order valence-electron chi connectivity index (χ1n) is 7.17. The summed E-state index contributed by atoms with van der Waals surface area (Å²) in [6.07, 6.45) is 11.0. The normalized spacial score (nSPS) is 44.4. The molecular formula is C14H24O2. The Morgan fingerprint density at radius 2 is 2.06 bits per heavy atom. The first-order chi connectivity index (χ1) is 7.90. The molecule has 4 fully saturated rings. The molecule has 0 amide bonds. The smallest absolute Gasteiger partial charge is 0.0897 e. The molecule has 1 aliphatic heterocycles. The van der Waals surface area contributed by atoms with E-state index < -0.39 is 0 Å². The maximum absolute atomic E-state index is 6.08. The van der Waals surface area contributed by atoms with Gasteiger partial charge in [-0.15, -0.1) is 0 Å². The molecule has 0 aromatic carbocycles. The van der Waals surface area contributed by atoms with Crippen molar-refractivity contribution in [3.63, 3.8) is 0 Å². The minimum atomic E-state index is 0.532. The van der Waals surface area contributed by atoms with Crippen LogP contribution < -0.4 is 0 Å². The van der Waals surface area contributed by atoms with Gasteiger partial charge in [0.05, 0.1) is 18.3 Å². The summed E-state index contributed by atoms with van der Waals surface area (Å²) >= 11 is 0.